The maximum atomic E-state index is 12.3. The number of nitrogens with zero attached hydrogens (tertiary/aromatic N) is 4. The molecule has 2 rings (SSSR count). The third-order valence-corrected chi connectivity index (χ3v) is 4.97. The quantitative estimate of drug-likeness (QED) is 0.780. The van der Waals surface area contributed by atoms with Crippen LogP contribution in [0.2, 0.25) is 0 Å². The summed E-state index contributed by atoms with van der Waals surface area (Å²) in [6.45, 7) is 6.04. The van der Waals surface area contributed by atoms with Crippen LogP contribution in [0.3, 0.4) is 0 Å². The van der Waals surface area contributed by atoms with E-state index in [4.69, 9.17) is 4.74 Å². The molecular formula is C15H20BrN5O3. The van der Waals surface area contributed by atoms with Gasteiger partial charge in [0.05, 0.1) is 35.2 Å². The Labute approximate surface area is 148 Å². The van der Waals surface area contributed by atoms with Crippen molar-refractivity contribution in [3.63, 3.8) is 0 Å². The zero-order chi connectivity index (χ0) is 18.0. The van der Waals surface area contributed by atoms with E-state index in [2.05, 4.69) is 31.4 Å². The Morgan fingerprint density at radius 1 is 1.21 bits per heavy atom. The van der Waals surface area contributed by atoms with Gasteiger partial charge in [0.25, 0.3) is 0 Å². The molecule has 0 aromatic carbocycles. The molecule has 8 nitrogen and oxygen atoms in total. The Morgan fingerprint density at radius 2 is 1.88 bits per heavy atom. The number of methoxy groups -OCH3 is 1. The van der Waals surface area contributed by atoms with E-state index < -0.39 is 5.97 Å². The minimum absolute atomic E-state index is 0.0970. The topological polar surface area (TPSA) is 91.0 Å². The van der Waals surface area contributed by atoms with Crippen LogP contribution in [0.4, 0.5) is 5.69 Å². The summed E-state index contributed by atoms with van der Waals surface area (Å²) in [5.41, 5.74) is 3.00. The maximum Gasteiger partial charge on any atom is 0.360 e. The molecule has 2 heterocycles. The van der Waals surface area contributed by atoms with Crippen LogP contribution in [0.25, 0.3) is 0 Å². The highest BCUT2D eigenvalue weighted by Gasteiger charge is 2.22. The number of halogens is 1. The highest BCUT2D eigenvalue weighted by atomic mass is 79.9. The number of ether oxygens (including phenoxy) is 1. The van der Waals surface area contributed by atoms with Gasteiger partial charge in [-0.25, -0.2) is 4.79 Å². The molecule has 1 N–H and O–H groups in total. The number of carbonyl (C=O) groups excluding carboxylic acids is 2. The van der Waals surface area contributed by atoms with Crippen LogP contribution in [0, 0.1) is 20.8 Å². The van der Waals surface area contributed by atoms with Crippen LogP contribution < -0.4 is 5.32 Å². The molecule has 0 saturated carbocycles. The van der Waals surface area contributed by atoms with Crippen molar-refractivity contribution in [2.45, 2.75) is 33.7 Å². The second-order valence-corrected chi connectivity index (χ2v) is 6.22. The Bertz CT molecular complexity index is 794. The molecule has 0 aliphatic carbocycles. The first-order chi connectivity index (χ1) is 11.3. The summed E-state index contributed by atoms with van der Waals surface area (Å²) in [6, 6.07) is 0. The van der Waals surface area contributed by atoms with Crippen molar-refractivity contribution >= 4 is 33.5 Å². The van der Waals surface area contributed by atoms with Gasteiger partial charge in [-0.05, 0) is 36.7 Å². The Morgan fingerprint density at radius 3 is 2.42 bits per heavy atom. The van der Waals surface area contributed by atoms with Crippen molar-refractivity contribution in [1.82, 2.24) is 19.6 Å². The molecule has 0 radical (unpaired) electrons. The number of aromatic nitrogens is 4. The van der Waals surface area contributed by atoms with Crippen LogP contribution in [-0.2, 0) is 23.1 Å². The molecule has 1 amide bonds. The first kappa shape index (κ1) is 18.2. The lowest BCUT2D eigenvalue weighted by Gasteiger charge is -2.07. The monoisotopic (exact) mass is 397 g/mol. The predicted octanol–water partition coefficient (Wildman–Crippen LogP) is 2.12. The smallest absolute Gasteiger partial charge is 0.360 e. The van der Waals surface area contributed by atoms with Gasteiger partial charge in [-0.2, -0.15) is 10.2 Å². The standard InChI is InChI=1S/C15H20BrN5O3/c1-8-12(16)9(2)21(18-8)7-6-11(22)17-13-10(3)20(4)19-14(13)15(23)24-5/h6-7H2,1-5H3,(H,17,22). The number of nitrogens with one attached hydrogen (secondary N) is 1. The molecule has 2 aromatic heterocycles. The maximum absolute atomic E-state index is 12.3. The van der Waals surface area contributed by atoms with Gasteiger partial charge in [0, 0.05) is 19.2 Å². The zero-order valence-electron chi connectivity index (χ0n) is 14.3. The van der Waals surface area contributed by atoms with Crippen LogP contribution in [0.5, 0.6) is 0 Å². The average molecular weight is 398 g/mol. The molecule has 0 fully saturated rings. The molecule has 0 saturated heterocycles. The van der Waals surface area contributed by atoms with E-state index in [0.29, 0.717) is 17.9 Å². The molecule has 24 heavy (non-hydrogen) atoms. The van der Waals surface area contributed by atoms with E-state index in [1.807, 2.05) is 13.8 Å². The number of aryl methyl sites for hydroxylation is 3. The summed E-state index contributed by atoms with van der Waals surface area (Å²) < 4.78 is 8.95. The van der Waals surface area contributed by atoms with Gasteiger partial charge in [0.2, 0.25) is 5.91 Å². The van der Waals surface area contributed by atoms with Crippen molar-refractivity contribution in [3.05, 3.63) is 27.2 Å². The van der Waals surface area contributed by atoms with Crippen molar-refractivity contribution in [2.75, 3.05) is 12.4 Å². The summed E-state index contributed by atoms with van der Waals surface area (Å²) in [7, 11) is 2.98. The zero-order valence-corrected chi connectivity index (χ0v) is 15.9. The Hall–Kier alpha value is -2.16. The third-order valence-electron chi connectivity index (χ3n) is 3.82. The molecule has 2 aromatic rings. The molecule has 0 unspecified atom stereocenters. The number of anilines is 1. The van der Waals surface area contributed by atoms with Crippen molar-refractivity contribution in [2.24, 2.45) is 7.05 Å². The Balaban J connectivity index is 2.10. The van der Waals surface area contributed by atoms with Crippen LogP contribution in [0.1, 0.15) is 34.0 Å². The number of carbonyl (C=O) groups is 2. The number of esters is 1. The van der Waals surface area contributed by atoms with E-state index in [-0.39, 0.29) is 18.0 Å². The number of amides is 1. The van der Waals surface area contributed by atoms with Gasteiger partial charge in [-0.3, -0.25) is 14.2 Å². The summed E-state index contributed by atoms with van der Waals surface area (Å²) in [5.74, 6) is -0.809. The molecule has 130 valence electrons. The fourth-order valence-electron chi connectivity index (χ4n) is 2.30. The lowest BCUT2D eigenvalue weighted by molar-refractivity contribution is -0.116. The van der Waals surface area contributed by atoms with E-state index in [9.17, 15) is 9.59 Å². The number of hydrogen-bond acceptors (Lipinski definition) is 5. The fourth-order valence-corrected chi connectivity index (χ4v) is 2.58. The average Bonchev–Trinajstić information content (AvgIpc) is 2.97. The number of rotatable bonds is 5. The van der Waals surface area contributed by atoms with E-state index in [1.54, 1.807) is 18.7 Å². The van der Waals surface area contributed by atoms with Crippen molar-refractivity contribution in [3.8, 4) is 0 Å². The lowest BCUT2D eigenvalue weighted by atomic mass is 10.2. The number of hydrogen-bond donors (Lipinski definition) is 1. The van der Waals surface area contributed by atoms with Crippen LogP contribution in [-0.4, -0.2) is 38.5 Å². The molecule has 0 atom stereocenters. The molecule has 0 bridgehead atoms. The SMILES string of the molecule is COC(=O)c1nn(C)c(C)c1NC(=O)CCn1nc(C)c(Br)c1C. The molecule has 9 heteroatoms. The van der Waals surface area contributed by atoms with E-state index >= 15 is 0 Å². The molecule has 0 aliphatic rings. The predicted molar refractivity (Wildman–Crippen MR) is 91.9 cm³/mol. The highest BCUT2D eigenvalue weighted by Crippen LogP contribution is 2.22. The minimum atomic E-state index is -0.587. The van der Waals surface area contributed by atoms with Gasteiger partial charge < -0.3 is 10.1 Å². The first-order valence-corrected chi connectivity index (χ1v) is 8.16. The second-order valence-electron chi connectivity index (χ2n) is 5.43. The molecule has 0 spiro atoms. The summed E-state index contributed by atoms with van der Waals surface area (Å²) >= 11 is 3.46. The molecular weight excluding hydrogens is 378 g/mol. The molecule has 0 aliphatic heterocycles. The van der Waals surface area contributed by atoms with Crippen molar-refractivity contribution in [1.29, 1.82) is 0 Å². The lowest BCUT2D eigenvalue weighted by Crippen LogP contribution is -2.18. The van der Waals surface area contributed by atoms with Crippen LogP contribution in [0.15, 0.2) is 4.47 Å². The van der Waals surface area contributed by atoms with Gasteiger partial charge in [0.15, 0.2) is 5.69 Å². The Kier molecular flexibility index (Phi) is 5.43. The summed E-state index contributed by atoms with van der Waals surface area (Å²) in [6.07, 6.45) is 0.226. The first-order valence-electron chi connectivity index (χ1n) is 7.37. The van der Waals surface area contributed by atoms with Gasteiger partial charge in [-0.15, -0.1) is 0 Å². The summed E-state index contributed by atoms with van der Waals surface area (Å²) in [4.78, 5) is 24.0. The summed E-state index contributed by atoms with van der Waals surface area (Å²) in [5, 5.41) is 11.2. The van der Waals surface area contributed by atoms with E-state index in [1.165, 1.54) is 11.8 Å². The van der Waals surface area contributed by atoms with Gasteiger partial charge in [0.1, 0.15) is 0 Å². The third kappa shape index (κ3) is 3.50. The van der Waals surface area contributed by atoms with Crippen molar-refractivity contribution < 1.29 is 14.3 Å². The largest absolute Gasteiger partial charge is 0.464 e. The normalized spacial score (nSPS) is 10.8. The minimum Gasteiger partial charge on any atom is -0.464 e. The van der Waals surface area contributed by atoms with Gasteiger partial charge in [-0.1, -0.05) is 0 Å². The fraction of sp³-hybridized carbons (Fsp3) is 0.467. The highest BCUT2D eigenvalue weighted by molar-refractivity contribution is 9.10. The van der Waals surface area contributed by atoms with E-state index in [0.717, 1.165) is 15.9 Å². The van der Waals surface area contributed by atoms with Gasteiger partial charge >= 0.3 is 5.97 Å². The second kappa shape index (κ2) is 7.16. The van der Waals surface area contributed by atoms with Crippen LogP contribution >= 0.6 is 15.9 Å².